The molecule has 0 amide bonds. The topological polar surface area (TPSA) is 63.4 Å². The average Bonchev–Trinajstić information content (AvgIpc) is 2.28. The van der Waals surface area contributed by atoms with E-state index in [9.17, 15) is 8.42 Å². The van der Waals surface area contributed by atoms with Crippen LogP contribution < -0.4 is 10.6 Å². The van der Waals surface area contributed by atoms with Crippen molar-refractivity contribution in [3.05, 3.63) is 22.7 Å². The summed E-state index contributed by atoms with van der Waals surface area (Å²) in [5.74, 6) is 1.51. The molecule has 1 saturated heterocycles. The zero-order chi connectivity index (χ0) is 13.3. The third-order valence-electron chi connectivity index (χ3n) is 2.88. The van der Waals surface area contributed by atoms with Crippen LogP contribution in [0.25, 0.3) is 0 Å². The lowest BCUT2D eigenvalue weighted by molar-refractivity contribution is 0.584. The van der Waals surface area contributed by atoms with Crippen LogP contribution in [-0.4, -0.2) is 38.1 Å². The Bertz CT molecular complexity index is 548. The van der Waals surface area contributed by atoms with Gasteiger partial charge in [-0.3, -0.25) is 0 Å². The van der Waals surface area contributed by atoms with Crippen LogP contribution in [0.3, 0.4) is 0 Å². The van der Waals surface area contributed by atoms with Gasteiger partial charge in [0, 0.05) is 28.8 Å². The van der Waals surface area contributed by atoms with E-state index in [0.717, 1.165) is 15.9 Å². The Morgan fingerprint density at radius 1 is 1.50 bits per heavy atom. The molecule has 4 nitrogen and oxygen atoms in total. The van der Waals surface area contributed by atoms with Gasteiger partial charge >= 0.3 is 0 Å². The summed E-state index contributed by atoms with van der Waals surface area (Å²) in [4.78, 5) is 1.90. The van der Waals surface area contributed by atoms with Crippen LogP contribution in [0.4, 0.5) is 11.4 Å². The zero-order valence-electron chi connectivity index (χ0n) is 9.97. The predicted octanol–water partition coefficient (Wildman–Crippen LogP) is 1.96. The lowest BCUT2D eigenvalue weighted by atomic mass is 10.2. The van der Waals surface area contributed by atoms with Crippen molar-refractivity contribution in [1.82, 2.24) is 0 Å². The van der Waals surface area contributed by atoms with Crippen LogP contribution in [0, 0.1) is 0 Å². The molecule has 0 saturated carbocycles. The minimum Gasteiger partial charge on any atom is -0.397 e. The number of benzene rings is 1. The lowest BCUT2D eigenvalue weighted by Gasteiger charge is -2.36. The van der Waals surface area contributed by atoms with Gasteiger partial charge in [0.2, 0.25) is 0 Å². The average molecular weight is 351 g/mol. The van der Waals surface area contributed by atoms with Crippen molar-refractivity contribution >= 4 is 48.9 Å². The van der Waals surface area contributed by atoms with Gasteiger partial charge < -0.3 is 10.6 Å². The van der Waals surface area contributed by atoms with Gasteiger partial charge in [-0.2, -0.15) is 11.8 Å². The van der Waals surface area contributed by atoms with Crippen molar-refractivity contribution in [2.75, 3.05) is 34.9 Å². The number of nitrogens with two attached hydrogens (primary N) is 1. The molecule has 1 aromatic rings. The van der Waals surface area contributed by atoms with Crippen molar-refractivity contribution in [1.29, 1.82) is 0 Å². The Balaban J connectivity index is 2.40. The van der Waals surface area contributed by atoms with E-state index in [4.69, 9.17) is 5.73 Å². The molecule has 1 atom stereocenters. The normalized spacial score (nSPS) is 21.0. The van der Waals surface area contributed by atoms with Gasteiger partial charge in [0.05, 0.1) is 11.4 Å². The van der Waals surface area contributed by atoms with E-state index >= 15 is 0 Å². The molecule has 1 fully saturated rings. The second-order valence-electron chi connectivity index (χ2n) is 4.26. The Morgan fingerprint density at radius 3 is 2.83 bits per heavy atom. The maximum Gasteiger partial charge on any atom is 0.169 e. The second-order valence-corrected chi connectivity index (χ2v) is 8.52. The van der Waals surface area contributed by atoms with Gasteiger partial charge in [-0.25, -0.2) is 8.42 Å². The summed E-state index contributed by atoms with van der Waals surface area (Å²) >= 11 is 5.02. The third kappa shape index (κ3) is 2.95. The molecular formula is C11H15BrN2O2S2. The summed E-state index contributed by atoms with van der Waals surface area (Å²) in [6.07, 6.45) is 1.28. The number of nitrogen functional groups attached to an aromatic ring is 1. The molecule has 1 aromatic carbocycles. The summed E-state index contributed by atoms with van der Waals surface area (Å²) in [5.41, 5.74) is 7.39. The van der Waals surface area contributed by atoms with E-state index in [2.05, 4.69) is 15.9 Å². The van der Waals surface area contributed by atoms with Crippen LogP contribution in [0.2, 0.25) is 0 Å². The van der Waals surface area contributed by atoms with E-state index in [1.807, 2.05) is 17.0 Å². The maximum atomic E-state index is 11.8. The monoisotopic (exact) mass is 350 g/mol. The van der Waals surface area contributed by atoms with E-state index in [-0.39, 0.29) is 0 Å². The van der Waals surface area contributed by atoms with Crippen LogP contribution in [0.15, 0.2) is 22.7 Å². The molecule has 1 unspecified atom stereocenters. The van der Waals surface area contributed by atoms with Gasteiger partial charge in [0.15, 0.2) is 9.84 Å². The molecule has 2 N–H and O–H groups in total. The lowest BCUT2D eigenvalue weighted by Crippen LogP contribution is -2.47. The number of hydrogen-bond donors (Lipinski definition) is 1. The van der Waals surface area contributed by atoms with Gasteiger partial charge in [-0.05, 0) is 18.2 Å². The van der Waals surface area contributed by atoms with Crippen LogP contribution >= 0.6 is 27.7 Å². The van der Waals surface area contributed by atoms with E-state index in [1.54, 1.807) is 17.8 Å². The standard InChI is InChI=1S/C11H15BrN2O2S2/c1-18(15,16)11-7-17-5-4-14(11)10-3-2-8(12)6-9(10)13/h2-3,6,11H,4-5,7,13H2,1H3. The van der Waals surface area contributed by atoms with E-state index in [0.29, 0.717) is 18.0 Å². The Kier molecular flexibility index (Phi) is 4.13. The molecule has 2 rings (SSSR count). The van der Waals surface area contributed by atoms with Crippen LogP contribution in [0.5, 0.6) is 0 Å². The van der Waals surface area contributed by atoms with Gasteiger partial charge in [-0.1, -0.05) is 15.9 Å². The van der Waals surface area contributed by atoms with Gasteiger partial charge in [-0.15, -0.1) is 0 Å². The first-order chi connectivity index (χ1) is 8.39. The molecule has 1 aliphatic heterocycles. The van der Waals surface area contributed by atoms with Crippen molar-refractivity contribution in [2.45, 2.75) is 5.37 Å². The highest BCUT2D eigenvalue weighted by atomic mass is 79.9. The van der Waals surface area contributed by atoms with Gasteiger partial charge in [0.1, 0.15) is 5.37 Å². The zero-order valence-corrected chi connectivity index (χ0v) is 13.2. The number of rotatable bonds is 2. The molecule has 1 heterocycles. The van der Waals surface area contributed by atoms with Gasteiger partial charge in [0.25, 0.3) is 0 Å². The molecular weight excluding hydrogens is 336 g/mol. The van der Waals surface area contributed by atoms with E-state index < -0.39 is 15.2 Å². The number of nitrogens with zero attached hydrogens (tertiary/aromatic N) is 1. The molecule has 1 aliphatic rings. The largest absolute Gasteiger partial charge is 0.397 e. The molecule has 0 radical (unpaired) electrons. The smallest absolute Gasteiger partial charge is 0.169 e. The maximum absolute atomic E-state index is 11.8. The fourth-order valence-corrected chi connectivity index (χ4v) is 5.21. The Hall–Kier alpha value is -0.400. The highest BCUT2D eigenvalue weighted by Crippen LogP contribution is 2.32. The predicted molar refractivity (Wildman–Crippen MR) is 81.9 cm³/mol. The van der Waals surface area contributed by atoms with Crippen molar-refractivity contribution < 1.29 is 8.42 Å². The quantitative estimate of drug-likeness (QED) is 0.826. The summed E-state index contributed by atoms with van der Waals surface area (Å²) in [6, 6.07) is 5.55. The highest BCUT2D eigenvalue weighted by Gasteiger charge is 2.31. The number of halogens is 1. The highest BCUT2D eigenvalue weighted by molar-refractivity contribution is 9.10. The molecule has 18 heavy (non-hydrogen) atoms. The number of thioether (sulfide) groups is 1. The second kappa shape index (κ2) is 5.30. The summed E-state index contributed by atoms with van der Waals surface area (Å²) in [5, 5.41) is -0.486. The first-order valence-corrected chi connectivity index (χ1v) is 9.38. The summed E-state index contributed by atoms with van der Waals surface area (Å²) in [7, 11) is -3.11. The number of hydrogen-bond acceptors (Lipinski definition) is 5. The summed E-state index contributed by atoms with van der Waals surface area (Å²) < 4.78 is 24.6. The number of sulfone groups is 1. The first-order valence-electron chi connectivity index (χ1n) is 5.48. The molecule has 0 aromatic heterocycles. The fourth-order valence-electron chi connectivity index (χ4n) is 2.00. The minimum absolute atomic E-state index is 0.486. The summed E-state index contributed by atoms with van der Waals surface area (Å²) in [6.45, 7) is 0.703. The fraction of sp³-hybridized carbons (Fsp3) is 0.455. The Morgan fingerprint density at radius 2 is 2.22 bits per heavy atom. The number of anilines is 2. The minimum atomic E-state index is -3.11. The van der Waals surface area contributed by atoms with E-state index in [1.165, 1.54) is 6.26 Å². The van der Waals surface area contributed by atoms with Crippen molar-refractivity contribution in [3.63, 3.8) is 0 Å². The molecule has 0 spiro atoms. The van der Waals surface area contributed by atoms with Crippen molar-refractivity contribution in [2.24, 2.45) is 0 Å². The SMILES string of the molecule is CS(=O)(=O)C1CSCCN1c1ccc(Br)cc1N. The molecule has 0 bridgehead atoms. The molecule has 7 heteroatoms. The Labute approximate surface area is 120 Å². The van der Waals surface area contributed by atoms with Crippen molar-refractivity contribution in [3.8, 4) is 0 Å². The molecule has 100 valence electrons. The first kappa shape index (κ1) is 14.0. The van der Waals surface area contributed by atoms with Crippen LogP contribution in [0.1, 0.15) is 0 Å². The third-order valence-corrected chi connectivity index (χ3v) is 6.01. The van der Waals surface area contributed by atoms with Crippen LogP contribution in [-0.2, 0) is 9.84 Å². The molecule has 0 aliphatic carbocycles.